The molecule has 3 heterocycles. The topological polar surface area (TPSA) is 100 Å². The quantitative estimate of drug-likeness (QED) is 0.490. The molecular weight excluding hydrogens is 370 g/mol. The molecule has 0 unspecified atom stereocenters. The highest BCUT2D eigenvalue weighted by molar-refractivity contribution is 5.96. The van der Waals surface area contributed by atoms with Gasteiger partial charge in [0.2, 0.25) is 0 Å². The summed E-state index contributed by atoms with van der Waals surface area (Å²) in [5.74, 6) is 1.90. The number of hydrogen-bond acceptors (Lipinski definition) is 7. The van der Waals surface area contributed by atoms with Crippen LogP contribution in [0.15, 0.2) is 45.6 Å². The van der Waals surface area contributed by atoms with Crippen molar-refractivity contribution in [3.8, 4) is 0 Å². The summed E-state index contributed by atoms with van der Waals surface area (Å²) >= 11 is 0. The Morgan fingerprint density at radius 2 is 1.93 bits per heavy atom. The van der Waals surface area contributed by atoms with E-state index in [1.54, 1.807) is 24.3 Å². The van der Waals surface area contributed by atoms with Crippen molar-refractivity contribution in [2.75, 3.05) is 36.4 Å². The largest absolute Gasteiger partial charge is 0.422 e. The minimum Gasteiger partial charge on any atom is -0.422 e. The highest BCUT2D eigenvalue weighted by Crippen LogP contribution is 2.20. The normalized spacial score (nSPS) is 13.6. The lowest BCUT2D eigenvalue weighted by Crippen LogP contribution is -2.32. The molecule has 3 aromatic rings. The van der Waals surface area contributed by atoms with Crippen molar-refractivity contribution in [3.63, 3.8) is 0 Å². The number of aryl methyl sites for hydroxylation is 1. The number of benzene rings is 1. The molecule has 4 rings (SSSR count). The smallest absolute Gasteiger partial charge is 0.349 e. The van der Waals surface area contributed by atoms with Gasteiger partial charge in [-0.25, -0.2) is 14.8 Å². The van der Waals surface area contributed by atoms with Crippen LogP contribution in [-0.4, -0.2) is 42.1 Å². The van der Waals surface area contributed by atoms with Crippen LogP contribution in [0.3, 0.4) is 0 Å². The van der Waals surface area contributed by atoms with Crippen LogP contribution >= 0.6 is 0 Å². The molecule has 0 radical (unpaired) electrons. The second kappa shape index (κ2) is 8.30. The number of amides is 1. The van der Waals surface area contributed by atoms with Gasteiger partial charge in [-0.3, -0.25) is 4.79 Å². The zero-order chi connectivity index (χ0) is 20.2. The summed E-state index contributed by atoms with van der Waals surface area (Å²) in [5, 5.41) is 6.66. The number of aromatic nitrogens is 2. The number of nitrogens with zero attached hydrogens (tertiary/aromatic N) is 3. The maximum atomic E-state index is 12.4. The molecule has 29 heavy (non-hydrogen) atoms. The Hall–Kier alpha value is -3.42. The van der Waals surface area contributed by atoms with E-state index in [1.165, 1.54) is 12.8 Å². The van der Waals surface area contributed by atoms with Crippen molar-refractivity contribution in [1.29, 1.82) is 0 Å². The monoisotopic (exact) mass is 393 g/mol. The molecule has 1 aliphatic heterocycles. The lowest BCUT2D eigenvalue weighted by atomic mass is 10.2. The van der Waals surface area contributed by atoms with Gasteiger partial charge in [-0.2, -0.15) is 0 Å². The summed E-state index contributed by atoms with van der Waals surface area (Å²) in [7, 11) is 0. The maximum Gasteiger partial charge on any atom is 0.349 e. The Morgan fingerprint density at radius 3 is 2.76 bits per heavy atom. The standard InChI is InChI=1S/C21H23N5O3/c1-14-24-18(13-19(25-14)26-10-4-5-11-26)22-8-9-23-20(27)16-12-15-6-2-3-7-17(15)29-21(16)28/h2-3,6-7,12-13H,4-5,8-11H2,1H3,(H,23,27)(H,22,24,25). The van der Waals surface area contributed by atoms with Crippen LogP contribution in [0.1, 0.15) is 29.0 Å². The third kappa shape index (κ3) is 4.37. The molecule has 2 aromatic heterocycles. The van der Waals surface area contributed by atoms with Gasteiger partial charge in [0, 0.05) is 37.6 Å². The average Bonchev–Trinajstić information content (AvgIpc) is 3.25. The SMILES string of the molecule is Cc1nc(NCCNC(=O)c2cc3ccccc3oc2=O)cc(N2CCCC2)n1. The predicted molar refractivity (Wildman–Crippen MR) is 112 cm³/mol. The number of hydrogen-bond donors (Lipinski definition) is 2. The van der Waals surface area contributed by atoms with Crippen LogP contribution < -0.4 is 21.2 Å². The summed E-state index contributed by atoms with van der Waals surface area (Å²) < 4.78 is 5.21. The van der Waals surface area contributed by atoms with Crippen LogP contribution in [0.4, 0.5) is 11.6 Å². The van der Waals surface area contributed by atoms with E-state index in [1.807, 2.05) is 19.1 Å². The van der Waals surface area contributed by atoms with E-state index < -0.39 is 11.5 Å². The second-order valence-electron chi connectivity index (χ2n) is 7.02. The van der Waals surface area contributed by atoms with Gasteiger partial charge in [-0.05, 0) is 31.9 Å². The lowest BCUT2D eigenvalue weighted by molar-refractivity contribution is 0.0951. The van der Waals surface area contributed by atoms with E-state index in [0.29, 0.717) is 29.9 Å². The Labute approximate surface area is 168 Å². The zero-order valence-electron chi connectivity index (χ0n) is 16.3. The highest BCUT2D eigenvalue weighted by atomic mass is 16.4. The average molecular weight is 393 g/mol. The first-order valence-corrected chi connectivity index (χ1v) is 9.76. The maximum absolute atomic E-state index is 12.4. The molecule has 0 atom stereocenters. The first-order valence-electron chi connectivity index (χ1n) is 9.76. The molecule has 0 spiro atoms. The molecule has 150 valence electrons. The van der Waals surface area contributed by atoms with E-state index in [9.17, 15) is 9.59 Å². The molecule has 1 aromatic carbocycles. The van der Waals surface area contributed by atoms with E-state index >= 15 is 0 Å². The Morgan fingerprint density at radius 1 is 1.14 bits per heavy atom. The Balaban J connectivity index is 1.35. The second-order valence-corrected chi connectivity index (χ2v) is 7.02. The first-order chi connectivity index (χ1) is 14.1. The predicted octanol–water partition coefficient (Wildman–Crippen LogP) is 2.33. The fourth-order valence-corrected chi connectivity index (χ4v) is 3.43. The summed E-state index contributed by atoms with van der Waals surface area (Å²) in [6, 6.07) is 10.6. The van der Waals surface area contributed by atoms with Crippen molar-refractivity contribution >= 4 is 28.5 Å². The number of nitrogens with one attached hydrogen (secondary N) is 2. The van der Waals surface area contributed by atoms with Crippen molar-refractivity contribution in [2.45, 2.75) is 19.8 Å². The van der Waals surface area contributed by atoms with Crippen molar-refractivity contribution in [1.82, 2.24) is 15.3 Å². The third-order valence-electron chi connectivity index (χ3n) is 4.86. The van der Waals surface area contributed by atoms with E-state index in [0.717, 1.165) is 24.7 Å². The molecule has 1 aliphatic rings. The summed E-state index contributed by atoms with van der Waals surface area (Å²) in [6.45, 7) is 4.71. The van der Waals surface area contributed by atoms with Gasteiger partial charge in [0.05, 0.1) is 0 Å². The van der Waals surface area contributed by atoms with Crippen molar-refractivity contribution < 1.29 is 9.21 Å². The van der Waals surface area contributed by atoms with Gasteiger partial charge in [0.1, 0.15) is 28.6 Å². The number of para-hydroxylation sites is 1. The molecule has 8 heteroatoms. The number of rotatable bonds is 6. The van der Waals surface area contributed by atoms with Gasteiger partial charge in [-0.15, -0.1) is 0 Å². The number of carbonyl (C=O) groups excluding carboxylic acids is 1. The minimum absolute atomic E-state index is 0.00194. The van der Waals surface area contributed by atoms with Crippen LogP contribution in [0.25, 0.3) is 11.0 Å². The molecule has 2 N–H and O–H groups in total. The molecule has 1 amide bonds. The van der Waals surface area contributed by atoms with E-state index in [2.05, 4.69) is 25.5 Å². The van der Waals surface area contributed by atoms with Gasteiger partial charge in [0.15, 0.2) is 0 Å². The Kier molecular flexibility index (Phi) is 5.41. The summed E-state index contributed by atoms with van der Waals surface area (Å²) in [4.78, 5) is 35.6. The molecule has 0 bridgehead atoms. The van der Waals surface area contributed by atoms with Crippen LogP contribution in [0.2, 0.25) is 0 Å². The van der Waals surface area contributed by atoms with Crippen LogP contribution in [0.5, 0.6) is 0 Å². The Bertz CT molecular complexity index is 1090. The molecule has 0 saturated carbocycles. The number of fused-ring (bicyclic) bond motifs is 1. The van der Waals surface area contributed by atoms with Crippen LogP contribution in [0, 0.1) is 6.92 Å². The lowest BCUT2D eigenvalue weighted by Gasteiger charge is -2.17. The van der Waals surface area contributed by atoms with E-state index in [4.69, 9.17) is 4.42 Å². The first kappa shape index (κ1) is 18.9. The fourth-order valence-electron chi connectivity index (χ4n) is 3.43. The highest BCUT2D eigenvalue weighted by Gasteiger charge is 2.15. The summed E-state index contributed by atoms with van der Waals surface area (Å²) in [6.07, 6.45) is 2.36. The molecule has 1 saturated heterocycles. The fraction of sp³-hybridized carbons (Fsp3) is 0.333. The van der Waals surface area contributed by atoms with Gasteiger partial charge >= 0.3 is 5.63 Å². The minimum atomic E-state index is -0.643. The van der Waals surface area contributed by atoms with Gasteiger partial charge in [-0.1, -0.05) is 18.2 Å². The number of anilines is 2. The summed E-state index contributed by atoms with van der Waals surface area (Å²) in [5.41, 5.74) is -0.183. The zero-order valence-corrected chi connectivity index (χ0v) is 16.3. The molecule has 8 nitrogen and oxygen atoms in total. The van der Waals surface area contributed by atoms with Crippen molar-refractivity contribution in [2.24, 2.45) is 0 Å². The molecule has 1 fully saturated rings. The third-order valence-corrected chi connectivity index (χ3v) is 4.86. The van der Waals surface area contributed by atoms with Crippen LogP contribution in [-0.2, 0) is 0 Å². The van der Waals surface area contributed by atoms with Gasteiger partial charge < -0.3 is 20.0 Å². The number of carbonyl (C=O) groups is 1. The molecule has 0 aliphatic carbocycles. The van der Waals surface area contributed by atoms with Gasteiger partial charge in [0.25, 0.3) is 5.91 Å². The van der Waals surface area contributed by atoms with Crippen molar-refractivity contribution in [3.05, 3.63) is 58.2 Å². The molecular formula is C21H23N5O3. The van der Waals surface area contributed by atoms with E-state index in [-0.39, 0.29) is 5.56 Å².